The molecule has 0 bridgehead atoms. The molecule has 21 heavy (non-hydrogen) atoms. The summed E-state index contributed by atoms with van der Waals surface area (Å²) in [6.45, 7) is 10.5. The summed E-state index contributed by atoms with van der Waals surface area (Å²) in [6.07, 6.45) is 4.94. The molecule has 2 fully saturated rings. The molecule has 2 rings (SSSR count). The minimum absolute atomic E-state index is 0.245. The fourth-order valence-corrected chi connectivity index (χ4v) is 3.00. The average molecular weight is 297 g/mol. The van der Waals surface area contributed by atoms with Crippen molar-refractivity contribution in [1.29, 1.82) is 0 Å². The Kier molecular flexibility index (Phi) is 6.93. The van der Waals surface area contributed by atoms with Gasteiger partial charge in [0.2, 0.25) is 5.91 Å². The van der Waals surface area contributed by atoms with Gasteiger partial charge in [0, 0.05) is 38.8 Å². The second-order valence-electron chi connectivity index (χ2n) is 6.36. The maximum Gasteiger partial charge on any atom is 0.236 e. The van der Waals surface area contributed by atoms with Gasteiger partial charge < -0.3 is 15.0 Å². The predicted octanol–water partition coefficient (Wildman–Crippen LogP) is 1.09. The maximum absolute atomic E-state index is 12.2. The first-order valence-corrected chi connectivity index (χ1v) is 8.54. The lowest BCUT2D eigenvalue weighted by molar-refractivity contribution is -0.130. The van der Waals surface area contributed by atoms with E-state index in [-0.39, 0.29) is 5.91 Å². The van der Waals surface area contributed by atoms with Crippen LogP contribution in [0.2, 0.25) is 0 Å². The molecular formula is C16H31N3O2. The summed E-state index contributed by atoms with van der Waals surface area (Å²) in [7, 11) is 0. The molecule has 0 spiro atoms. The number of nitrogens with one attached hydrogen (secondary N) is 1. The maximum atomic E-state index is 12.2. The minimum atomic E-state index is 0.245. The van der Waals surface area contributed by atoms with Crippen LogP contribution in [-0.4, -0.2) is 73.7 Å². The second kappa shape index (κ2) is 8.71. The van der Waals surface area contributed by atoms with Crippen LogP contribution in [0.3, 0.4) is 0 Å². The van der Waals surface area contributed by atoms with Crippen LogP contribution in [0.15, 0.2) is 0 Å². The number of amides is 1. The number of nitrogens with zero attached hydrogens (tertiary/aromatic N) is 2. The third kappa shape index (κ3) is 5.57. The van der Waals surface area contributed by atoms with E-state index >= 15 is 0 Å². The van der Waals surface area contributed by atoms with Crippen molar-refractivity contribution in [3.8, 4) is 0 Å². The van der Waals surface area contributed by atoms with Crippen molar-refractivity contribution >= 4 is 5.91 Å². The van der Waals surface area contributed by atoms with Crippen LogP contribution in [0.4, 0.5) is 0 Å². The number of carbonyl (C=O) groups is 1. The molecule has 2 heterocycles. The van der Waals surface area contributed by atoms with E-state index < -0.39 is 0 Å². The molecule has 2 aliphatic heterocycles. The van der Waals surface area contributed by atoms with Gasteiger partial charge in [0.1, 0.15) is 0 Å². The van der Waals surface area contributed by atoms with Gasteiger partial charge >= 0.3 is 0 Å². The van der Waals surface area contributed by atoms with Crippen LogP contribution in [-0.2, 0) is 9.53 Å². The van der Waals surface area contributed by atoms with Crippen molar-refractivity contribution in [2.45, 2.75) is 51.7 Å². The molecule has 0 aliphatic carbocycles. The van der Waals surface area contributed by atoms with Gasteiger partial charge in [0.05, 0.1) is 12.6 Å². The zero-order valence-corrected chi connectivity index (χ0v) is 13.6. The lowest BCUT2D eigenvalue weighted by atomic mass is 10.2. The zero-order chi connectivity index (χ0) is 15.1. The number of hydrogen-bond acceptors (Lipinski definition) is 4. The smallest absolute Gasteiger partial charge is 0.236 e. The highest BCUT2D eigenvalue weighted by atomic mass is 16.5. The summed E-state index contributed by atoms with van der Waals surface area (Å²) in [5, 5.41) is 3.29. The Labute approximate surface area is 129 Å². The van der Waals surface area contributed by atoms with Crippen molar-refractivity contribution in [1.82, 2.24) is 15.1 Å². The van der Waals surface area contributed by atoms with Crippen LogP contribution in [0.1, 0.15) is 39.5 Å². The van der Waals surface area contributed by atoms with E-state index in [0.717, 1.165) is 52.2 Å². The molecule has 1 amide bonds. The summed E-state index contributed by atoms with van der Waals surface area (Å²) in [6, 6.07) is 0.414. The Morgan fingerprint density at radius 2 is 2.14 bits per heavy atom. The highest BCUT2D eigenvalue weighted by Gasteiger charge is 2.23. The molecule has 2 aliphatic rings. The van der Waals surface area contributed by atoms with E-state index in [1.165, 1.54) is 12.8 Å². The molecule has 122 valence electrons. The van der Waals surface area contributed by atoms with E-state index in [4.69, 9.17) is 4.74 Å². The first-order valence-electron chi connectivity index (χ1n) is 8.54. The van der Waals surface area contributed by atoms with Gasteiger partial charge in [0.25, 0.3) is 0 Å². The molecule has 0 aromatic heterocycles. The molecule has 2 atom stereocenters. The topological polar surface area (TPSA) is 44.8 Å². The first kappa shape index (κ1) is 16.7. The Balaban J connectivity index is 1.70. The van der Waals surface area contributed by atoms with Crippen LogP contribution < -0.4 is 5.32 Å². The quantitative estimate of drug-likeness (QED) is 0.797. The summed E-state index contributed by atoms with van der Waals surface area (Å²) < 4.78 is 5.72. The van der Waals surface area contributed by atoms with E-state index in [1.54, 1.807) is 0 Å². The Morgan fingerprint density at radius 3 is 2.86 bits per heavy atom. The van der Waals surface area contributed by atoms with E-state index in [2.05, 4.69) is 24.1 Å². The largest absolute Gasteiger partial charge is 0.377 e. The van der Waals surface area contributed by atoms with Crippen molar-refractivity contribution in [2.24, 2.45) is 0 Å². The molecule has 2 saturated heterocycles. The van der Waals surface area contributed by atoms with Gasteiger partial charge in [-0.25, -0.2) is 0 Å². The minimum Gasteiger partial charge on any atom is -0.377 e. The molecule has 5 heteroatoms. The standard InChI is InChI=1S/C16H31N3O2/c1-3-14(2)17-12-16(20)19-8-5-7-18(9-10-19)13-15-6-4-11-21-15/h14-15,17H,3-13H2,1-2H3. The molecule has 2 unspecified atom stereocenters. The number of rotatable bonds is 6. The summed E-state index contributed by atoms with van der Waals surface area (Å²) in [5.41, 5.74) is 0. The van der Waals surface area contributed by atoms with Gasteiger partial charge in [-0.15, -0.1) is 0 Å². The third-order valence-electron chi connectivity index (χ3n) is 4.64. The molecule has 0 radical (unpaired) electrons. The Hall–Kier alpha value is -0.650. The Morgan fingerprint density at radius 1 is 1.29 bits per heavy atom. The highest BCUT2D eigenvalue weighted by molar-refractivity contribution is 5.78. The van der Waals surface area contributed by atoms with E-state index in [9.17, 15) is 4.79 Å². The molecule has 0 aromatic carbocycles. The van der Waals surface area contributed by atoms with E-state index in [0.29, 0.717) is 18.7 Å². The SMILES string of the molecule is CCC(C)NCC(=O)N1CCCN(CC2CCCO2)CC1. The van der Waals surface area contributed by atoms with Gasteiger partial charge in [-0.05, 0) is 39.2 Å². The fraction of sp³-hybridized carbons (Fsp3) is 0.938. The number of ether oxygens (including phenoxy) is 1. The number of hydrogen-bond donors (Lipinski definition) is 1. The Bertz CT molecular complexity index is 319. The van der Waals surface area contributed by atoms with Gasteiger partial charge in [-0.1, -0.05) is 6.92 Å². The van der Waals surface area contributed by atoms with Crippen molar-refractivity contribution < 1.29 is 9.53 Å². The van der Waals surface area contributed by atoms with Crippen LogP contribution in [0.25, 0.3) is 0 Å². The summed E-state index contributed by atoms with van der Waals surface area (Å²) in [4.78, 5) is 16.7. The first-order chi connectivity index (χ1) is 10.2. The predicted molar refractivity (Wildman–Crippen MR) is 84.4 cm³/mol. The normalized spacial score (nSPS) is 25.8. The molecule has 0 saturated carbocycles. The second-order valence-corrected chi connectivity index (χ2v) is 6.36. The lowest BCUT2D eigenvalue weighted by Gasteiger charge is -2.24. The van der Waals surface area contributed by atoms with Crippen LogP contribution in [0, 0.1) is 0 Å². The average Bonchev–Trinajstić information content (AvgIpc) is 2.89. The molecule has 5 nitrogen and oxygen atoms in total. The molecule has 1 N–H and O–H groups in total. The van der Waals surface area contributed by atoms with Crippen molar-refractivity contribution in [3.05, 3.63) is 0 Å². The van der Waals surface area contributed by atoms with Crippen molar-refractivity contribution in [3.63, 3.8) is 0 Å². The van der Waals surface area contributed by atoms with Gasteiger partial charge in [-0.3, -0.25) is 9.69 Å². The lowest BCUT2D eigenvalue weighted by Crippen LogP contribution is -2.42. The number of carbonyl (C=O) groups excluding carboxylic acids is 1. The fourth-order valence-electron chi connectivity index (χ4n) is 3.00. The highest BCUT2D eigenvalue weighted by Crippen LogP contribution is 2.14. The summed E-state index contributed by atoms with van der Waals surface area (Å²) >= 11 is 0. The van der Waals surface area contributed by atoms with Gasteiger partial charge in [0.15, 0.2) is 0 Å². The van der Waals surface area contributed by atoms with Gasteiger partial charge in [-0.2, -0.15) is 0 Å². The van der Waals surface area contributed by atoms with Crippen LogP contribution >= 0.6 is 0 Å². The van der Waals surface area contributed by atoms with E-state index in [1.807, 2.05) is 4.90 Å². The zero-order valence-electron chi connectivity index (χ0n) is 13.6. The molecule has 0 aromatic rings. The molecular weight excluding hydrogens is 266 g/mol. The third-order valence-corrected chi connectivity index (χ3v) is 4.64. The van der Waals surface area contributed by atoms with Crippen LogP contribution in [0.5, 0.6) is 0 Å². The summed E-state index contributed by atoms with van der Waals surface area (Å²) in [5.74, 6) is 0.245. The monoisotopic (exact) mass is 297 g/mol. The van der Waals surface area contributed by atoms with Crippen molar-refractivity contribution in [2.75, 3.05) is 45.9 Å².